The van der Waals surface area contributed by atoms with E-state index in [-0.39, 0.29) is 6.04 Å². The number of rotatable bonds is 6. The summed E-state index contributed by atoms with van der Waals surface area (Å²) in [7, 11) is 1.68. The Kier molecular flexibility index (Phi) is 6.00. The van der Waals surface area contributed by atoms with Crippen LogP contribution in [-0.4, -0.2) is 26.2 Å². The average Bonchev–Trinajstić information content (AvgIpc) is 2.68. The van der Waals surface area contributed by atoms with E-state index in [0.717, 1.165) is 29.9 Å². The zero-order valence-electron chi connectivity index (χ0n) is 15.4. The molecule has 2 aromatic rings. The van der Waals surface area contributed by atoms with Crippen LogP contribution in [0, 0.1) is 0 Å². The van der Waals surface area contributed by atoms with Gasteiger partial charge in [0, 0.05) is 18.5 Å². The molecule has 5 heteroatoms. The molecule has 2 atom stereocenters. The molecule has 1 aliphatic heterocycles. The van der Waals surface area contributed by atoms with Gasteiger partial charge in [0.05, 0.1) is 19.8 Å². The smallest absolute Gasteiger partial charge is 0.189 e. The highest BCUT2D eigenvalue weighted by molar-refractivity contribution is 5.78. The van der Waals surface area contributed by atoms with Crippen LogP contribution in [-0.2, 0) is 0 Å². The maximum Gasteiger partial charge on any atom is 0.189 e. The van der Waals surface area contributed by atoms with Gasteiger partial charge >= 0.3 is 0 Å². The zero-order valence-corrected chi connectivity index (χ0v) is 15.4. The summed E-state index contributed by atoms with van der Waals surface area (Å²) < 4.78 is 10.9. The first kappa shape index (κ1) is 18.1. The predicted molar refractivity (Wildman–Crippen MR) is 105 cm³/mol. The second-order valence-corrected chi connectivity index (χ2v) is 6.60. The van der Waals surface area contributed by atoms with Gasteiger partial charge in [-0.05, 0) is 36.1 Å². The minimum atomic E-state index is 0.155. The van der Waals surface area contributed by atoms with Crippen molar-refractivity contribution in [3.63, 3.8) is 0 Å². The van der Waals surface area contributed by atoms with Crippen LogP contribution in [0.2, 0.25) is 0 Å². The van der Waals surface area contributed by atoms with Gasteiger partial charge in [-0.1, -0.05) is 37.3 Å². The second kappa shape index (κ2) is 8.61. The Hall–Kier alpha value is -2.69. The van der Waals surface area contributed by atoms with Crippen LogP contribution in [0.5, 0.6) is 11.5 Å². The van der Waals surface area contributed by atoms with Crippen molar-refractivity contribution in [2.24, 2.45) is 10.7 Å². The van der Waals surface area contributed by atoms with Crippen molar-refractivity contribution in [1.82, 2.24) is 5.32 Å². The van der Waals surface area contributed by atoms with E-state index in [1.54, 1.807) is 7.11 Å². The topological polar surface area (TPSA) is 68.9 Å². The number of nitrogens with zero attached hydrogens (tertiary/aromatic N) is 1. The van der Waals surface area contributed by atoms with Crippen molar-refractivity contribution >= 4 is 5.96 Å². The van der Waals surface area contributed by atoms with Gasteiger partial charge in [0.1, 0.15) is 11.5 Å². The van der Waals surface area contributed by atoms with Crippen LogP contribution < -0.4 is 20.5 Å². The molecule has 0 radical (unpaired) electrons. The highest BCUT2D eigenvalue weighted by atomic mass is 16.5. The average molecular weight is 353 g/mol. The number of methoxy groups -OCH3 is 1. The number of guanidine groups is 1. The molecule has 0 fully saturated rings. The lowest BCUT2D eigenvalue weighted by atomic mass is 9.98. The second-order valence-electron chi connectivity index (χ2n) is 6.60. The molecule has 0 spiro atoms. The number of hydrogen-bond donors (Lipinski definition) is 2. The number of nitrogens with one attached hydrogen (secondary N) is 1. The van der Waals surface area contributed by atoms with Gasteiger partial charge in [0.2, 0.25) is 0 Å². The van der Waals surface area contributed by atoms with E-state index in [4.69, 9.17) is 15.2 Å². The van der Waals surface area contributed by atoms with Crippen LogP contribution in [0.1, 0.15) is 42.9 Å². The van der Waals surface area contributed by atoms with Gasteiger partial charge < -0.3 is 20.5 Å². The van der Waals surface area contributed by atoms with Crippen LogP contribution in [0.15, 0.2) is 53.5 Å². The van der Waals surface area contributed by atoms with Gasteiger partial charge in [-0.3, -0.25) is 4.99 Å². The Bertz CT molecular complexity index is 743. The SMILES string of the molecule is COc1ccc(C(C)CCN=C(N)NC2CCOc3ccccc32)cc1. The first-order valence-corrected chi connectivity index (χ1v) is 9.09. The molecule has 0 aromatic heterocycles. The highest BCUT2D eigenvalue weighted by Crippen LogP contribution is 2.31. The van der Waals surface area contributed by atoms with Crippen LogP contribution in [0.4, 0.5) is 0 Å². The molecular weight excluding hydrogens is 326 g/mol. The summed E-state index contributed by atoms with van der Waals surface area (Å²) in [5.74, 6) is 2.72. The number of aliphatic imine (C=N–C) groups is 1. The van der Waals surface area contributed by atoms with E-state index >= 15 is 0 Å². The fourth-order valence-electron chi connectivity index (χ4n) is 3.19. The summed E-state index contributed by atoms with van der Waals surface area (Å²) in [5.41, 5.74) is 8.53. The molecule has 1 heterocycles. The summed E-state index contributed by atoms with van der Waals surface area (Å²) in [6.45, 7) is 3.59. The quantitative estimate of drug-likeness (QED) is 0.615. The number of fused-ring (bicyclic) bond motifs is 1. The lowest BCUT2D eigenvalue weighted by Gasteiger charge is -2.27. The van der Waals surface area contributed by atoms with E-state index in [0.29, 0.717) is 25.0 Å². The van der Waals surface area contributed by atoms with Crippen molar-refractivity contribution in [2.75, 3.05) is 20.3 Å². The third-order valence-electron chi connectivity index (χ3n) is 4.81. The van der Waals surface area contributed by atoms with E-state index in [1.807, 2.05) is 30.3 Å². The Balaban J connectivity index is 1.52. The van der Waals surface area contributed by atoms with Gasteiger partial charge in [0.25, 0.3) is 0 Å². The predicted octanol–water partition coefficient (Wildman–Crippen LogP) is 3.62. The number of ether oxygens (including phenoxy) is 2. The largest absolute Gasteiger partial charge is 0.497 e. The first-order valence-electron chi connectivity index (χ1n) is 9.09. The molecule has 3 rings (SSSR count). The minimum absolute atomic E-state index is 0.155. The van der Waals surface area contributed by atoms with Crippen molar-refractivity contribution in [3.05, 3.63) is 59.7 Å². The normalized spacial score (nSPS) is 17.8. The maximum absolute atomic E-state index is 6.11. The fourth-order valence-corrected chi connectivity index (χ4v) is 3.19. The summed E-state index contributed by atoms with van der Waals surface area (Å²) in [4.78, 5) is 4.51. The molecule has 26 heavy (non-hydrogen) atoms. The third kappa shape index (κ3) is 4.48. The van der Waals surface area contributed by atoms with Crippen LogP contribution in [0.25, 0.3) is 0 Å². The minimum Gasteiger partial charge on any atom is -0.497 e. The number of para-hydroxylation sites is 1. The molecule has 1 aliphatic rings. The fraction of sp³-hybridized carbons (Fsp3) is 0.381. The van der Waals surface area contributed by atoms with Gasteiger partial charge in [0.15, 0.2) is 5.96 Å². The highest BCUT2D eigenvalue weighted by Gasteiger charge is 2.21. The van der Waals surface area contributed by atoms with Crippen molar-refractivity contribution < 1.29 is 9.47 Å². The van der Waals surface area contributed by atoms with Gasteiger partial charge in [-0.2, -0.15) is 0 Å². The molecule has 0 saturated heterocycles. The van der Waals surface area contributed by atoms with Gasteiger partial charge in [-0.15, -0.1) is 0 Å². The standard InChI is InChI=1S/C21H27N3O2/c1-15(16-7-9-17(25-2)10-8-16)11-13-23-21(22)24-19-12-14-26-20-6-4-3-5-18(19)20/h3-10,15,19H,11-14H2,1-2H3,(H3,22,23,24). The maximum atomic E-state index is 6.11. The Morgan fingerprint density at radius 1 is 1.27 bits per heavy atom. The number of benzene rings is 2. The molecule has 2 aromatic carbocycles. The summed E-state index contributed by atoms with van der Waals surface area (Å²) in [6.07, 6.45) is 1.83. The summed E-state index contributed by atoms with van der Waals surface area (Å²) in [5, 5.41) is 3.33. The third-order valence-corrected chi connectivity index (χ3v) is 4.81. The van der Waals surface area contributed by atoms with Crippen molar-refractivity contribution in [3.8, 4) is 11.5 Å². The number of nitrogens with two attached hydrogens (primary N) is 1. The molecule has 3 N–H and O–H groups in total. The van der Waals surface area contributed by atoms with Gasteiger partial charge in [-0.25, -0.2) is 0 Å². The lowest BCUT2D eigenvalue weighted by molar-refractivity contribution is 0.262. The molecule has 2 unspecified atom stereocenters. The van der Waals surface area contributed by atoms with Crippen molar-refractivity contribution in [2.45, 2.75) is 31.7 Å². The molecule has 0 aliphatic carbocycles. The Labute approximate surface area is 155 Å². The molecular formula is C21H27N3O2. The molecule has 5 nitrogen and oxygen atoms in total. The van der Waals surface area contributed by atoms with Crippen LogP contribution >= 0.6 is 0 Å². The zero-order chi connectivity index (χ0) is 18.4. The van der Waals surface area contributed by atoms with E-state index in [2.05, 4.69) is 35.4 Å². The van der Waals surface area contributed by atoms with E-state index < -0.39 is 0 Å². The van der Waals surface area contributed by atoms with Crippen LogP contribution in [0.3, 0.4) is 0 Å². The molecule has 0 bridgehead atoms. The summed E-state index contributed by atoms with van der Waals surface area (Å²) >= 11 is 0. The van der Waals surface area contributed by atoms with E-state index in [9.17, 15) is 0 Å². The monoisotopic (exact) mass is 353 g/mol. The Morgan fingerprint density at radius 3 is 2.81 bits per heavy atom. The Morgan fingerprint density at radius 2 is 2.04 bits per heavy atom. The summed E-state index contributed by atoms with van der Waals surface area (Å²) in [6, 6.07) is 16.4. The lowest BCUT2D eigenvalue weighted by Crippen LogP contribution is -2.37. The molecule has 0 amide bonds. The first-order chi connectivity index (χ1) is 12.7. The molecule has 138 valence electrons. The molecule has 0 saturated carbocycles. The van der Waals surface area contributed by atoms with E-state index in [1.165, 1.54) is 5.56 Å². The van der Waals surface area contributed by atoms with Crippen molar-refractivity contribution in [1.29, 1.82) is 0 Å². The number of hydrogen-bond acceptors (Lipinski definition) is 3.